The lowest BCUT2D eigenvalue weighted by molar-refractivity contribution is 0.0999. The molecule has 2 aromatic carbocycles. The highest BCUT2D eigenvalue weighted by Crippen LogP contribution is 2.28. The molecule has 0 aliphatic rings. The van der Waals surface area contributed by atoms with Crippen LogP contribution in [-0.4, -0.2) is 10.5 Å². The first kappa shape index (κ1) is 17.8. The van der Waals surface area contributed by atoms with Crippen LogP contribution < -0.4 is 5.73 Å². The molecule has 1 heterocycles. The molecular formula is C20H18BrClN2O. The van der Waals surface area contributed by atoms with Crippen LogP contribution in [0.3, 0.4) is 0 Å². The van der Waals surface area contributed by atoms with Crippen molar-refractivity contribution in [3.8, 4) is 11.3 Å². The molecule has 0 aliphatic carbocycles. The number of hydrogen-bond donors (Lipinski definition) is 1. The molecule has 25 heavy (non-hydrogen) atoms. The van der Waals surface area contributed by atoms with Crippen molar-refractivity contribution in [3.63, 3.8) is 0 Å². The van der Waals surface area contributed by atoms with Gasteiger partial charge >= 0.3 is 0 Å². The third-order valence-corrected chi connectivity index (χ3v) is 5.03. The van der Waals surface area contributed by atoms with Gasteiger partial charge in [0.2, 0.25) is 0 Å². The minimum absolute atomic E-state index is 0.404. The molecule has 1 aromatic heterocycles. The minimum Gasteiger partial charge on any atom is -0.366 e. The number of aromatic nitrogens is 1. The Hall–Kier alpha value is -2.04. The lowest BCUT2D eigenvalue weighted by Crippen LogP contribution is -2.13. The molecule has 0 saturated carbocycles. The first-order valence-electron chi connectivity index (χ1n) is 7.96. The van der Waals surface area contributed by atoms with Crippen LogP contribution in [0.4, 0.5) is 0 Å². The first-order chi connectivity index (χ1) is 12.0. The average Bonchev–Trinajstić information content (AvgIpc) is 2.91. The van der Waals surface area contributed by atoms with Crippen molar-refractivity contribution in [2.24, 2.45) is 5.73 Å². The van der Waals surface area contributed by atoms with E-state index in [9.17, 15) is 4.79 Å². The highest BCUT2D eigenvalue weighted by atomic mass is 79.9. The lowest BCUT2D eigenvalue weighted by atomic mass is 10.1. The average molecular weight is 418 g/mol. The van der Waals surface area contributed by atoms with Crippen molar-refractivity contribution >= 4 is 33.4 Å². The zero-order valence-electron chi connectivity index (χ0n) is 13.8. The standard InChI is InChI=1S/C20H18BrClN2O/c1-13-18(20(23)25)12-19(15-3-2-4-16(21)11-15)24(13)10-9-14-5-7-17(22)8-6-14/h2-8,11-12H,9-10H2,1H3,(H2,23,25). The maximum atomic E-state index is 11.8. The number of nitrogens with two attached hydrogens (primary N) is 1. The SMILES string of the molecule is Cc1c(C(N)=O)cc(-c2cccc(Br)c2)n1CCc1ccc(Cl)cc1. The normalized spacial score (nSPS) is 10.8. The summed E-state index contributed by atoms with van der Waals surface area (Å²) in [6, 6.07) is 17.7. The van der Waals surface area contributed by atoms with Crippen LogP contribution in [0.15, 0.2) is 59.1 Å². The molecule has 0 radical (unpaired) electrons. The summed E-state index contributed by atoms with van der Waals surface area (Å²) < 4.78 is 3.14. The van der Waals surface area contributed by atoms with E-state index in [0.717, 1.165) is 39.4 Å². The number of carbonyl (C=O) groups is 1. The summed E-state index contributed by atoms with van der Waals surface area (Å²) in [6.45, 7) is 2.69. The number of aryl methyl sites for hydroxylation is 1. The fraction of sp³-hybridized carbons (Fsp3) is 0.150. The number of halogens is 2. The molecule has 1 amide bonds. The van der Waals surface area contributed by atoms with Crippen molar-refractivity contribution in [3.05, 3.63) is 80.9 Å². The quantitative estimate of drug-likeness (QED) is 0.608. The van der Waals surface area contributed by atoms with Crippen molar-refractivity contribution < 1.29 is 4.79 Å². The molecule has 0 atom stereocenters. The van der Waals surface area contributed by atoms with Gasteiger partial charge in [0.05, 0.1) is 5.56 Å². The van der Waals surface area contributed by atoms with Gasteiger partial charge in [-0.05, 0) is 54.8 Å². The van der Waals surface area contributed by atoms with Gasteiger partial charge in [-0.2, -0.15) is 0 Å². The number of amides is 1. The monoisotopic (exact) mass is 416 g/mol. The third kappa shape index (κ3) is 3.97. The number of carbonyl (C=O) groups excluding carboxylic acids is 1. The smallest absolute Gasteiger partial charge is 0.250 e. The Kier molecular flexibility index (Phi) is 5.30. The molecular weight excluding hydrogens is 400 g/mol. The van der Waals surface area contributed by atoms with Crippen LogP contribution in [0.2, 0.25) is 5.02 Å². The molecule has 3 rings (SSSR count). The highest BCUT2D eigenvalue weighted by Gasteiger charge is 2.16. The van der Waals surface area contributed by atoms with E-state index in [1.54, 1.807) is 0 Å². The van der Waals surface area contributed by atoms with Gasteiger partial charge in [0.15, 0.2) is 0 Å². The van der Waals surface area contributed by atoms with Crippen molar-refractivity contribution in [1.82, 2.24) is 4.57 Å². The topological polar surface area (TPSA) is 48.0 Å². The molecule has 128 valence electrons. The molecule has 0 unspecified atom stereocenters. The van der Waals surface area contributed by atoms with Gasteiger partial charge in [0.1, 0.15) is 0 Å². The zero-order chi connectivity index (χ0) is 18.0. The Morgan fingerprint density at radius 1 is 1.16 bits per heavy atom. The van der Waals surface area contributed by atoms with Gasteiger partial charge < -0.3 is 10.3 Å². The number of rotatable bonds is 5. The number of benzene rings is 2. The summed E-state index contributed by atoms with van der Waals surface area (Å²) in [5, 5.41) is 0.728. The number of hydrogen-bond acceptors (Lipinski definition) is 1. The number of nitrogens with zero attached hydrogens (tertiary/aromatic N) is 1. The molecule has 0 spiro atoms. The van der Waals surface area contributed by atoms with Gasteiger partial charge in [-0.1, -0.05) is 51.8 Å². The van der Waals surface area contributed by atoms with E-state index in [1.807, 2.05) is 61.5 Å². The lowest BCUT2D eigenvalue weighted by Gasteiger charge is -2.12. The van der Waals surface area contributed by atoms with E-state index in [2.05, 4.69) is 20.5 Å². The summed E-state index contributed by atoms with van der Waals surface area (Å²) in [6.07, 6.45) is 0.839. The third-order valence-electron chi connectivity index (χ3n) is 4.29. The Labute approximate surface area is 160 Å². The molecule has 0 fully saturated rings. The van der Waals surface area contributed by atoms with E-state index in [4.69, 9.17) is 17.3 Å². The molecule has 0 aliphatic heterocycles. The van der Waals surface area contributed by atoms with Crippen LogP contribution in [0.5, 0.6) is 0 Å². The molecule has 5 heteroatoms. The maximum absolute atomic E-state index is 11.8. The second-order valence-electron chi connectivity index (χ2n) is 5.93. The van der Waals surface area contributed by atoms with Crippen molar-refractivity contribution in [2.45, 2.75) is 19.9 Å². The summed E-state index contributed by atoms with van der Waals surface area (Å²) in [5.74, 6) is -0.404. The van der Waals surface area contributed by atoms with Crippen molar-refractivity contribution in [2.75, 3.05) is 0 Å². The summed E-state index contributed by atoms with van der Waals surface area (Å²) >= 11 is 9.46. The van der Waals surface area contributed by atoms with Gasteiger partial charge in [-0.15, -0.1) is 0 Å². The Morgan fingerprint density at radius 2 is 1.88 bits per heavy atom. The molecule has 2 N–H and O–H groups in total. The Morgan fingerprint density at radius 3 is 2.52 bits per heavy atom. The Balaban J connectivity index is 1.98. The summed E-state index contributed by atoms with van der Waals surface area (Å²) in [4.78, 5) is 11.8. The van der Waals surface area contributed by atoms with Crippen molar-refractivity contribution in [1.29, 1.82) is 0 Å². The van der Waals surface area contributed by atoms with Crippen LogP contribution in [-0.2, 0) is 13.0 Å². The van der Waals surface area contributed by atoms with Gasteiger partial charge in [0, 0.05) is 27.4 Å². The van der Waals surface area contributed by atoms with Crippen LogP contribution >= 0.6 is 27.5 Å². The molecule has 3 aromatic rings. The van der Waals surface area contributed by atoms with Crippen LogP contribution in [0.25, 0.3) is 11.3 Å². The number of primary amides is 1. The fourth-order valence-corrected chi connectivity index (χ4v) is 3.49. The van der Waals surface area contributed by atoms with Gasteiger partial charge in [0.25, 0.3) is 5.91 Å². The van der Waals surface area contributed by atoms with Gasteiger partial charge in [-0.3, -0.25) is 4.79 Å². The predicted molar refractivity (Wildman–Crippen MR) is 106 cm³/mol. The molecule has 3 nitrogen and oxygen atoms in total. The van der Waals surface area contributed by atoms with Crippen LogP contribution in [0, 0.1) is 6.92 Å². The van der Waals surface area contributed by atoms with E-state index < -0.39 is 5.91 Å². The highest BCUT2D eigenvalue weighted by molar-refractivity contribution is 9.10. The second kappa shape index (κ2) is 7.46. The van der Waals surface area contributed by atoms with E-state index >= 15 is 0 Å². The first-order valence-corrected chi connectivity index (χ1v) is 9.13. The largest absolute Gasteiger partial charge is 0.366 e. The maximum Gasteiger partial charge on any atom is 0.250 e. The fourth-order valence-electron chi connectivity index (χ4n) is 2.96. The van der Waals surface area contributed by atoms with E-state index in [1.165, 1.54) is 5.56 Å². The Bertz CT molecular complexity index is 916. The van der Waals surface area contributed by atoms with E-state index in [-0.39, 0.29) is 0 Å². The van der Waals surface area contributed by atoms with Crippen LogP contribution in [0.1, 0.15) is 21.6 Å². The molecule has 0 saturated heterocycles. The summed E-state index contributed by atoms with van der Waals surface area (Å²) in [5.41, 5.74) is 10.2. The summed E-state index contributed by atoms with van der Waals surface area (Å²) in [7, 11) is 0. The minimum atomic E-state index is -0.404. The second-order valence-corrected chi connectivity index (χ2v) is 7.28. The molecule has 0 bridgehead atoms. The van der Waals surface area contributed by atoms with E-state index in [0.29, 0.717) is 5.56 Å². The predicted octanol–water partition coefficient (Wildman–Crippen LogP) is 5.22. The van der Waals surface area contributed by atoms with Gasteiger partial charge in [-0.25, -0.2) is 0 Å². The zero-order valence-corrected chi connectivity index (χ0v) is 16.1.